The molecule has 5 nitrogen and oxygen atoms in total. The van der Waals surface area contributed by atoms with Crippen LogP contribution in [0.25, 0.3) is 28.3 Å². The van der Waals surface area contributed by atoms with Crippen LogP contribution in [0.1, 0.15) is 25.2 Å². The van der Waals surface area contributed by atoms with E-state index < -0.39 is 17.3 Å². The first kappa shape index (κ1) is 24.5. The summed E-state index contributed by atoms with van der Waals surface area (Å²) in [5.41, 5.74) is 2.93. The molecule has 0 amide bonds. The molecule has 35 heavy (non-hydrogen) atoms. The zero-order valence-corrected chi connectivity index (χ0v) is 22.2. The Morgan fingerprint density at radius 3 is 2.23 bits per heavy atom. The molecule has 0 unspecified atom stereocenters. The van der Waals surface area contributed by atoms with Crippen molar-refractivity contribution in [2.75, 3.05) is 0 Å². The zero-order chi connectivity index (χ0) is 23.7. The fraction of sp³-hybridized carbons (Fsp3) is 0.111. The third kappa shape index (κ3) is 4.93. The number of hydrogen-bond acceptors (Lipinski definition) is 4. The average molecular weight is 517 g/mol. The van der Waals surface area contributed by atoms with E-state index in [1.807, 2.05) is 74.5 Å². The molecule has 168 valence electrons. The van der Waals surface area contributed by atoms with Gasteiger partial charge in [0.05, 0.1) is 5.82 Å². The average Bonchev–Trinajstić information content (AvgIpc) is 3.35. The van der Waals surface area contributed by atoms with E-state index >= 15 is 0 Å². The maximum atomic E-state index is 14.2. The monoisotopic (exact) mass is 515 g/mol. The predicted molar refractivity (Wildman–Crippen MR) is 124 cm³/mol. The molecule has 0 saturated heterocycles. The van der Waals surface area contributed by atoms with Crippen molar-refractivity contribution in [3.63, 3.8) is 0 Å². The third-order valence-corrected chi connectivity index (χ3v) is 5.59. The molecule has 0 fully saturated rings. The summed E-state index contributed by atoms with van der Waals surface area (Å²) in [5, 5.41) is 4.62. The van der Waals surface area contributed by atoms with E-state index in [0.29, 0.717) is 17.2 Å². The second kappa shape index (κ2) is 9.92. The van der Waals surface area contributed by atoms with E-state index in [9.17, 15) is 8.78 Å². The topological polar surface area (TPSA) is 56.5 Å². The molecule has 4 heterocycles. The largest absolute Gasteiger partial charge is 2.00 e. The first-order valence-electron chi connectivity index (χ1n) is 10.6. The van der Waals surface area contributed by atoms with Gasteiger partial charge in [-0.15, -0.1) is 12.1 Å². The van der Waals surface area contributed by atoms with Crippen LogP contribution in [0.5, 0.6) is 0 Å². The van der Waals surface area contributed by atoms with Gasteiger partial charge in [-0.2, -0.15) is 0 Å². The Bertz CT molecular complexity index is 1470. The van der Waals surface area contributed by atoms with Gasteiger partial charge in [0.2, 0.25) is 0 Å². The number of nitrogens with zero attached hydrogens (tertiary/aromatic N) is 5. The minimum Gasteiger partial charge on any atom is -0.343 e. The Morgan fingerprint density at radius 1 is 0.771 bits per heavy atom. The van der Waals surface area contributed by atoms with Crippen LogP contribution in [-0.4, -0.2) is 24.7 Å². The van der Waals surface area contributed by atoms with E-state index in [1.165, 1.54) is 0 Å². The molecule has 0 bridgehead atoms. The number of rotatable bonds is 5. The predicted octanol–water partition coefficient (Wildman–Crippen LogP) is 5.59. The van der Waals surface area contributed by atoms with Crippen molar-refractivity contribution >= 4 is 0 Å². The molecule has 1 aromatic carbocycles. The zero-order valence-electron chi connectivity index (χ0n) is 19.2. The number of aromatic nitrogens is 5. The van der Waals surface area contributed by atoms with Crippen molar-refractivity contribution in [1.29, 1.82) is 0 Å². The minimum atomic E-state index is -0.953. The Morgan fingerprint density at radius 2 is 1.49 bits per heavy atom. The van der Waals surface area contributed by atoms with Crippen LogP contribution in [0.4, 0.5) is 8.78 Å². The number of benzene rings is 1. The van der Waals surface area contributed by atoms with Crippen LogP contribution >= 0.6 is 0 Å². The molecule has 8 heteroatoms. The fourth-order valence-electron chi connectivity index (χ4n) is 3.65. The molecule has 5 rings (SSSR count). The van der Waals surface area contributed by atoms with Gasteiger partial charge in [0.1, 0.15) is 11.9 Å². The summed E-state index contributed by atoms with van der Waals surface area (Å²) < 4.78 is 29.0. The van der Waals surface area contributed by atoms with Gasteiger partial charge in [0.15, 0.2) is 0 Å². The molecule has 0 radical (unpaired) electrons. The molecule has 0 atom stereocenters. The van der Waals surface area contributed by atoms with Crippen molar-refractivity contribution in [3.8, 4) is 28.3 Å². The van der Waals surface area contributed by atoms with Crippen LogP contribution in [0.15, 0.2) is 78.9 Å². The number of hydrogen-bond donors (Lipinski definition) is 0. The van der Waals surface area contributed by atoms with Crippen molar-refractivity contribution < 1.29 is 28.3 Å². The van der Waals surface area contributed by atoms with Gasteiger partial charge in [-0.25, -0.2) is 8.78 Å². The van der Waals surface area contributed by atoms with E-state index in [1.54, 1.807) is 16.8 Å². The Labute approximate surface area is 214 Å². The summed E-state index contributed by atoms with van der Waals surface area (Å²) in [6.07, 6.45) is 3.12. The second-order valence-corrected chi connectivity index (χ2v) is 8.24. The summed E-state index contributed by atoms with van der Waals surface area (Å²) in [6, 6.07) is 26.2. The van der Waals surface area contributed by atoms with Gasteiger partial charge < -0.3 is 9.67 Å². The van der Waals surface area contributed by atoms with Crippen molar-refractivity contribution in [2.45, 2.75) is 19.3 Å². The van der Waals surface area contributed by atoms with Crippen LogP contribution < -0.4 is 0 Å². The fourth-order valence-corrected chi connectivity index (χ4v) is 3.65. The molecule has 0 aliphatic carbocycles. The van der Waals surface area contributed by atoms with Crippen LogP contribution in [-0.2, 0) is 24.9 Å². The van der Waals surface area contributed by atoms with E-state index in [-0.39, 0.29) is 25.0 Å². The summed E-state index contributed by atoms with van der Waals surface area (Å²) >= 11 is 0. The molecule has 0 aliphatic heterocycles. The van der Waals surface area contributed by atoms with Gasteiger partial charge in [0, 0.05) is 16.8 Å². The van der Waals surface area contributed by atoms with Gasteiger partial charge in [-0.3, -0.25) is 15.1 Å². The van der Waals surface area contributed by atoms with Crippen molar-refractivity contribution in [2.24, 2.45) is 0 Å². The van der Waals surface area contributed by atoms with Gasteiger partial charge in [-0.1, -0.05) is 78.0 Å². The number of pyridine rings is 3. The maximum Gasteiger partial charge on any atom is 2.00 e. The summed E-state index contributed by atoms with van der Waals surface area (Å²) in [7, 11) is 0. The quantitative estimate of drug-likeness (QED) is 0.173. The molecular formula is C27H19F2N5Zn. The Kier molecular flexibility index (Phi) is 6.94. The summed E-state index contributed by atoms with van der Waals surface area (Å²) in [5.74, 6) is -1.26. The second-order valence-electron chi connectivity index (χ2n) is 8.24. The first-order chi connectivity index (χ1) is 16.4. The van der Waals surface area contributed by atoms with Gasteiger partial charge >= 0.3 is 19.5 Å². The van der Waals surface area contributed by atoms with E-state index in [2.05, 4.69) is 27.3 Å². The summed E-state index contributed by atoms with van der Waals surface area (Å²) in [6.45, 7) is 3.97. The molecule has 0 spiro atoms. The number of halogens is 2. The molecule has 0 saturated carbocycles. The third-order valence-electron chi connectivity index (χ3n) is 5.59. The molecule has 4 aromatic heterocycles. The Balaban J connectivity index is 0.00000289. The smallest absolute Gasteiger partial charge is 0.343 e. The van der Waals surface area contributed by atoms with Gasteiger partial charge in [0.25, 0.3) is 0 Å². The molecule has 0 N–H and O–H groups in total. The maximum absolute atomic E-state index is 14.2. The first-order valence-corrected chi connectivity index (χ1v) is 10.6. The SMILES string of the molecule is CC(C)(c1cccc(-c2[c-]cc(F)nc2F)n1)c1cccc(-n2[c-]cc(-c3ccccc3)n2)n1.[Zn+2]. The normalized spacial score (nSPS) is 11.2. The van der Waals surface area contributed by atoms with Gasteiger partial charge in [-0.05, 0) is 37.4 Å². The molecule has 0 aliphatic rings. The van der Waals surface area contributed by atoms with E-state index in [4.69, 9.17) is 4.98 Å². The molecular weight excluding hydrogens is 498 g/mol. The van der Waals surface area contributed by atoms with Crippen LogP contribution in [0.2, 0.25) is 0 Å². The Hall–Kier alpha value is -3.64. The molecule has 5 aromatic rings. The minimum absolute atomic E-state index is 0. The standard InChI is InChI=1S/C27H19F2N5.Zn/c1-27(2,22-11-6-10-21(30-22)19-14-15-24(28)32-26(19)29)23-12-7-13-25(31-23)34-17-16-20(33-34)18-8-4-3-5-9-18;/h3-13,15-16H,1-2H3;/q-2;+2. The van der Waals surface area contributed by atoms with E-state index in [0.717, 1.165) is 23.0 Å². The van der Waals surface area contributed by atoms with Crippen LogP contribution in [0.3, 0.4) is 0 Å². The van der Waals surface area contributed by atoms with Crippen molar-refractivity contribution in [1.82, 2.24) is 24.7 Å². The summed E-state index contributed by atoms with van der Waals surface area (Å²) in [4.78, 5) is 12.7. The van der Waals surface area contributed by atoms with Crippen molar-refractivity contribution in [3.05, 3.63) is 114 Å². The van der Waals surface area contributed by atoms with Crippen LogP contribution in [0, 0.1) is 24.2 Å².